The Labute approximate surface area is 191 Å². The summed E-state index contributed by atoms with van der Waals surface area (Å²) in [5.41, 5.74) is 4.42. The van der Waals surface area contributed by atoms with Crippen LogP contribution >= 0.6 is 11.8 Å². The van der Waals surface area contributed by atoms with E-state index in [4.69, 9.17) is 9.47 Å². The molecule has 0 aliphatic heterocycles. The van der Waals surface area contributed by atoms with E-state index in [1.54, 1.807) is 26.5 Å². The lowest BCUT2D eigenvalue weighted by Gasteiger charge is -2.10. The van der Waals surface area contributed by atoms with Gasteiger partial charge in [-0.15, -0.1) is 10.2 Å². The summed E-state index contributed by atoms with van der Waals surface area (Å²) in [7, 11) is 3.18. The quantitative estimate of drug-likeness (QED) is 0.286. The van der Waals surface area contributed by atoms with Crippen molar-refractivity contribution in [2.75, 3.05) is 20.0 Å². The predicted molar refractivity (Wildman–Crippen MR) is 127 cm³/mol. The average molecular weight is 452 g/mol. The van der Waals surface area contributed by atoms with Gasteiger partial charge in [0.15, 0.2) is 22.5 Å². The fourth-order valence-corrected chi connectivity index (χ4v) is 3.70. The molecule has 0 spiro atoms. The number of aromatic nitrogens is 3. The minimum Gasteiger partial charge on any atom is -0.493 e. The van der Waals surface area contributed by atoms with Crippen LogP contribution in [0.3, 0.4) is 0 Å². The number of nitrogens with zero attached hydrogens (tertiary/aromatic N) is 4. The Morgan fingerprint density at radius 3 is 2.62 bits per heavy atom. The summed E-state index contributed by atoms with van der Waals surface area (Å²) in [4.78, 5) is 12.1. The second kappa shape index (κ2) is 11.7. The summed E-state index contributed by atoms with van der Waals surface area (Å²) in [6, 6.07) is 15.4. The number of carbonyl (C=O) groups excluding carboxylic acids is 1. The van der Waals surface area contributed by atoms with Gasteiger partial charge in [-0.2, -0.15) is 5.10 Å². The topological polar surface area (TPSA) is 90.6 Å². The van der Waals surface area contributed by atoms with Crippen molar-refractivity contribution in [2.45, 2.75) is 18.6 Å². The fourth-order valence-electron chi connectivity index (χ4n) is 2.90. The molecule has 3 rings (SSSR count). The second-order valence-electron chi connectivity index (χ2n) is 6.49. The van der Waals surface area contributed by atoms with Crippen molar-refractivity contribution in [3.63, 3.8) is 0 Å². The minimum absolute atomic E-state index is 0.170. The third kappa shape index (κ3) is 5.98. The fraction of sp³-hybridized carbons (Fsp3) is 0.217. The molecule has 32 heavy (non-hydrogen) atoms. The van der Waals surface area contributed by atoms with Crippen LogP contribution in [-0.2, 0) is 11.3 Å². The summed E-state index contributed by atoms with van der Waals surface area (Å²) < 4.78 is 12.6. The molecule has 0 saturated carbocycles. The van der Waals surface area contributed by atoms with Crippen LogP contribution in [0.1, 0.15) is 12.5 Å². The molecule has 1 amide bonds. The van der Waals surface area contributed by atoms with Crippen LogP contribution in [0.2, 0.25) is 0 Å². The number of nitrogens with one attached hydrogen (secondary N) is 1. The number of amides is 1. The van der Waals surface area contributed by atoms with E-state index in [1.807, 2.05) is 66.1 Å². The molecule has 1 aromatic heterocycles. The van der Waals surface area contributed by atoms with Crippen LogP contribution < -0.4 is 14.9 Å². The van der Waals surface area contributed by atoms with Crippen LogP contribution in [0, 0.1) is 0 Å². The molecule has 8 nitrogen and oxygen atoms in total. The van der Waals surface area contributed by atoms with Crippen LogP contribution in [0.15, 0.2) is 64.9 Å². The van der Waals surface area contributed by atoms with Crippen LogP contribution in [-0.4, -0.2) is 46.9 Å². The standard InChI is InChI=1S/C23H25N5O3S/c1-4-28-22(18-12-13-19(30-2)20(15-18)31-3)26-27-23(28)32-16-21(29)25-24-14-8-11-17-9-6-5-7-10-17/h5-15H,4,16H2,1-3H3,(H,25,29). The third-order valence-corrected chi connectivity index (χ3v) is 5.41. The third-order valence-electron chi connectivity index (χ3n) is 4.45. The highest BCUT2D eigenvalue weighted by Gasteiger charge is 2.16. The molecular formula is C23H25N5O3S. The number of carbonyl (C=O) groups is 1. The number of thioether (sulfide) groups is 1. The van der Waals surface area contributed by atoms with Crippen molar-refractivity contribution < 1.29 is 14.3 Å². The molecule has 0 radical (unpaired) electrons. The maximum absolute atomic E-state index is 12.1. The van der Waals surface area contributed by atoms with Crippen molar-refractivity contribution in [3.8, 4) is 22.9 Å². The number of rotatable bonds is 10. The molecule has 0 bridgehead atoms. The molecule has 1 N–H and O–H groups in total. The van der Waals surface area contributed by atoms with E-state index in [0.29, 0.717) is 29.0 Å². The smallest absolute Gasteiger partial charge is 0.250 e. The number of allylic oxidation sites excluding steroid dienone is 1. The maximum Gasteiger partial charge on any atom is 0.250 e. The number of hydrazone groups is 1. The zero-order chi connectivity index (χ0) is 22.8. The van der Waals surface area contributed by atoms with E-state index in [2.05, 4.69) is 20.7 Å². The number of hydrogen-bond acceptors (Lipinski definition) is 7. The molecule has 2 aromatic carbocycles. The van der Waals surface area contributed by atoms with Gasteiger partial charge in [0, 0.05) is 18.3 Å². The predicted octanol–water partition coefficient (Wildman–Crippen LogP) is 3.89. The molecule has 0 saturated heterocycles. The van der Waals surface area contributed by atoms with E-state index in [9.17, 15) is 4.79 Å². The molecule has 0 aliphatic carbocycles. The first-order chi connectivity index (χ1) is 15.7. The summed E-state index contributed by atoms with van der Waals surface area (Å²) in [5.74, 6) is 1.90. The highest BCUT2D eigenvalue weighted by Crippen LogP contribution is 2.32. The Balaban J connectivity index is 1.59. The lowest BCUT2D eigenvalue weighted by atomic mass is 10.2. The van der Waals surface area contributed by atoms with Gasteiger partial charge in [0.25, 0.3) is 5.91 Å². The van der Waals surface area contributed by atoms with Crippen molar-refractivity contribution in [3.05, 3.63) is 60.2 Å². The average Bonchev–Trinajstić information content (AvgIpc) is 3.25. The normalized spacial score (nSPS) is 11.2. The Morgan fingerprint density at radius 2 is 1.91 bits per heavy atom. The maximum atomic E-state index is 12.1. The van der Waals surface area contributed by atoms with Gasteiger partial charge >= 0.3 is 0 Å². The largest absolute Gasteiger partial charge is 0.493 e. The number of hydrogen-bond donors (Lipinski definition) is 1. The number of methoxy groups -OCH3 is 2. The molecule has 166 valence electrons. The minimum atomic E-state index is -0.224. The molecule has 9 heteroatoms. The van der Waals surface area contributed by atoms with Crippen molar-refractivity contribution in [1.29, 1.82) is 0 Å². The van der Waals surface area contributed by atoms with Crippen LogP contribution in [0.4, 0.5) is 0 Å². The van der Waals surface area contributed by atoms with Gasteiger partial charge in [0.05, 0.1) is 20.0 Å². The Hall–Kier alpha value is -3.59. The van der Waals surface area contributed by atoms with Crippen LogP contribution in [0.5, 0.6) is 11.5 Å². The first-order valence-corrected chi connectivity index (χ1v) is 11.0. The van der Waals surface area contributed by atoms with E-state index < -0.39 is 0 Å². The van der Waals surface area contributed by atoms with Gasteiger partial charge in [0.1, 0.15) is 0 Å². The summed E-state index contributed by atoms with van der Waals surface area (Å²) >= 11 is 1.30. The number of benzene rings is 2. The van der Waals surface area contributed by atoms with E-state index in [0.717, 1.165) is 11.1 Å². The lowest BCUT2D eigenvalue weighted by Crippen LogP contribution is -2.19. The lowest BCUT2D eigenvalue weighted by molar-refractivity contribution is -0.118. The van der Waals surface area contributed by atoms with Gasteiger partial charge in [-0.3, -0.25) is 4.79 Å². The molecule has 0 unspecified atom stereocenters. The summed E-state index contributed by atoms with van der Waals surface area (Å²) in [6.45, 7) is 2.66. The Bertz CT molecular complexity index is 1100. The van der Waals surface area contributed by atoms with Crippen molar-refractivity contribution in [1.82, 2.24) is 20.2 Å². The van der Waals surface area contributed by atoms with E-state index in [1.165, 1.54) is 11.8 Å². The molecule has 0 atom stereocenters. The summed E-state index contributed by atoms with van der Waals surface area (Å²) in [5, 5.41) is 13.1. The monoisotopic (exact) mass is 451 g/mol. The van der Waals surface area contributed by atoms with Gasteiger partial charge < -0.3 is 14.0 Å². The number of ether oxygens (including phenoxy) is 2. The SMILES string of the molecule is CCn1c(SCC(=O)NN=CC=Cc2ccccc2)nnc1-c1ccc(OC)c(OC)c1. The van der Waals surface area contributed by atoms with Crippen molar-refractivity contribution in [2.24, 2.45) is 5.10 Å². The summed E-state index contributed by atoms with van der Waals surface area (Å²) in [6.07, 6.45) is 5.22. The first-order valence-electron chi connectivity index (χ1n) is 9.98. The highest BCUT2D eigenvalue weighted by molar-refractivity contribution is 7.99. The van der Waals surface area contributed by atoms with Crippen LogP contribution in [0.25, 0.3) is 17.5 Å². The molecule has 0 fully saturated rings. The van der Waals surface area contributed by atoms with Gasteiger partial charge in [-0.1, -0.05) is 48.2 Å². The molecular weight excluding hydrogens is 426 g/mol. The van der Waals surface area contributed by atoms with Gasteiger partial charge in [-0.25, -0.2) is 5.43 Å². The Kier molecular flexibility index (Phi) is 8.44. The Morgan fingerprint density at radius 1 is 1.12 bits per heavy atom. The first kappa shape index (κ1) is 23.1. The van der Waals surface area contributed by atoms with E-state index in [-0.39, 0.29) is 11.7 Å². The molecule has 1 heterocycles. The molecule has 3 aromatic rings. The second-order valence-corrected chi connectivity index (χ2v) is 7.43. The zero-order valence-electron chi connectivity index (χ0n) is 18.2. The highest BCUT2D eigenvalue weighted by atomic mass is 32.2. The van der Waals surface area contributed by atoms with Crippen molar-refractivity contribution >= 4 is 30.0 Å². The molecule has 0 aliphatic rings. The van der Waals surface area contributed by atoms with Gasteiger partial charge in [-0.05, 0) is 36.8 Å². The van der Waals surface area contributed by atoms with E-state index >= 15 is 0 Å². The van der Waals surface area contributed by atoms with Gasteiger partial charge in [0.2, 0.25) is 0 Å². The zero-order valence-corrected chi connectivity index (χ0v) is 19.0.